The number of methoxy groups -OCH3 is 1. The van der Waals surface area contributed by atoms with Crippen molar-refractivity contribution < 1.29 is 23.9 Å². The van der Waals surface area contributed by atoms with Gasteiger partial charge in [0.15, 0.2) is 0 Å². The number of ether oxygens (including phenoxy) is 1. The van der Waals surface area contributed by atoms with Crippen LogP contribution in [0, 0.1) is 47.3 Å². The fourth-order valence-electron chi connectivity index (χ4n) is 7.61. The molecule has 4 aliphatic carbocycles. The van der Waals surface area contributed by atoms with Gasteiger partial charge in [0, 0.05) is 42.9 Å². The Balaban J connectivity index is 1.15. The second kappa shape index (κ2) is 12.3. The molecule has 4 saturated carbocycles. The van der Waals surface area contributed by atoms with E-state index in [2.05, 4.69) is 0 Å². The van der Waals surface area contributed by atoms with Crippen molar-refractivity contribution in [1.29, 1.82) is 0 Å². The van der Waals surface area contributed by atoms with Crippen LogP contribution in [0.5, 0.6) is 0 Å². The summed E-state index contributed by atoms with van der Waals surface area (Å²) in [6.45, 7) is 0. The third-order valence-corrected chi connectivity index (χ3v) is 10.2. The van der Waals surface area contributed by atoms with Crippen LogP contribution in [0.3, 0.4) is 0 Å². The van der Waals surface area contributed by atoms with Crippen LogP contribution >= 0.6 is 11.6 Å². The van der Waals surface area contributed by atoms with Crippen LogP contribution in [-0.4, -0.2) is 36.3 Å². The normalized spacial score (nSPS) is 37.0. The standard InChI is InChI=1S/C29H43ClO5/c1-35-29(34)25-9-4-20(12-25)16-27(32)23-7-2-18(10-23)14-26(31)22-6-3-19(11-22)15-28(33)24-8-5-21(13-24)17-30/h18-25H,2-17H2,1H3/t18-,19-,20-,21-,22-,23-,24-,25-/m0/s1. The van der Waals surface area contributed by atoms with Gasteiger partial charge in [-0.15, -0.1) is 11.6 Å². The highest BCUT2D eigenvalue weighted by molar-refractivity contribution is 6.18. The van der Waals surface area contributed by atoms with Crippen molar-refractivity contribution in [3.63, 3.8) is 0 Å². The topological polar surface area (TPSA) is 77.5 Å². The van der Waals surface area contributed by atoms with Gasteiger partial charge in [0.25, 0.3) is 0 Å². The molecule has 0 aromatic rings. The second-order valence-corrected chi connectivity index (χ2v) is 12.5. The zero-order valence-electron chi connectivity index (χ0n) is 21.4. The van der Waals surface area contributed by atoms with Gasteiger partial charge in [-0.3, -0.25) is 19.2 Å². The van der Waals surface area contributed by atoms with Crippen LogP contribution in [-0.2, 0) is 23.9 Å². The number of halogens is 1. The van der Waals surface area contributed by atoms with E-state index in [0.717, 1.165) is 77.0 Å². The minimum absolute atomic E-state index is 0.0435. The molecule has 4 aliphatic rings. The number of carbonyl (C=O) groups excluding carboxylic acids is 4. The fraction of sp³-hybridized carbons (Fsp3) is 0.862. The molecule has 6 heteroatoms. The first kappa shape index (κ1) is 26.8. The van der Waals surface area contributed by atoms with Crippen molar-refractivity contribution in [3.05, 3.63) is 0 Å². The molecule has 4 rings (SSSR count). The lowest BCUT2D eigenvalue weighted by molar-refractivity contribution is -0.145. The average Bonchev–Trinajstić information content (AvgIpc) is 3.65. The van der Waals surface area contributed by atoms with Crippen LogP contribution in [0.1, 0.15) is 96.3 Å². The molecule has 0 unspecified atom stereocenters. The molecule has 0 amide bonds. The molecule has 0 heterocycles. The molecule has 0 aliphatic heterocycles. The molecule has 0 aromatic heterocycles. The molecule has 196 valence electrons. The Morgan fingerprint density at radius 2 is 0.914 bits per heavy atom. The molecule has 35 heavy (non-hydrogen) atoms. The summed E-state index contributed by atoms with van der Waals surface area (Å²) >= 11 is 5.97. The number of rotatable bonds is 11. The number of hydrogen-bond donors (Lipinski definition) is 0. The average molecular weight is 507 g/mol. The van der Waals surface area contributed by atoms with Crippen molar-refractivity contribution in [2.45, 2.75) is 96.3 Å². The van der Waals surface area contributed by atoms with E-state index in [4.69, 9.17) is 16.3 Å². The lowest BCUT2D eigenvalue weighted by atomic mass is 9.88. The molecular weight excluding hydrogens is 464 g/mol. The Hall–Kier alpha value is -1.23. The van der Waals surface area contributed by atoms with E-state index in [1.807, 2.05) is 0 Å². The van der Waals surface area contributed by atoms with Crippen molar-refractivity contribution in [3.8, 4) is 0 Å². The van der Waals surface area contributed by atoms with E-state index in [1.54, 1.807) is 0 Å². The van der Waals surface area contributed by atoms with E-state index in [0.29, 0.717) is 66.2 Å². The maximum atomic E-state index is 13.0. The van der Waals surface area contributed by atoms with E-state index >= 15 is 0 Å². The summed E-state index contributed by atoms with van der Waals surface area (Å²) in [4.78, 5) is 50.4. The van der Waals surface area contributed by atoms with E-state index < -0.39 is 0 Å². The third-order valence-electron chi connectivity index (χ3n) is 9.75. The fourth-order valence-corrected chi connectivity index (χ4v) is 7.89. The van der Waals surface area contributed by atoms with Gasteiger partial charge in [0.05, 0.1) is 13.0 Å². The van der Waals surface area contributed by atoms with Crippen LogP contribution in [0.15, 0.2) is 0 Å². The summed E-state index contributed by atoms with van der Waals surface area (Å²) in [5, 5.41) is 0. The Morgan fingerprint density at radius 3 is 1.29 bits per heavy atom. The van der Waals surface area contributed by atoms with E-state index in [-0.39, 0.29) is 29.6 Å². The molecule has 5 nitrogen and oxygen atoms in total. The summed E-state index contributed by atoms with van der Waals surface area (Å²) in [7, 11) is 1.43. The van der Waals surface area contributed by atoms with E-state index in [9.17, 15) is 19.2 Å². The Labute approximate surface area is 215 Å². The monoisotopic (exact) mass is 506 g/mol. The summed E-state index contributed by atoms with van der Waals surface area (Å²) in [5.41, 5.74) is 0. The van der Waals surface area contributed by atoms with E-state index in [1.165, 1.54) is 7.11 Å². The lowest BCUT2D eigenvalue weighted by Crippen LogP contribution is -2.19. The van der Waals surface area contributed by atoms with Gasteiger partial charge in [-0.2, -0.15) is 0 Å². The zero-order chi connectivity index (χ0) is 24.9. The summed E-state index contributed by atoms with van der Waals surface area (Å²) < 4.78 is 4.86. The number of alkyl halides is 1. The first-order chi connectivity index (χ1) is 16.9. The Morgan fingerprint density at radius 1 is 0.571 bits per heavy atom. The highest BCUT2D eigenvalue weighted by atomic mass is 35.5. The first-order valence-corrected chi connectivity index (χ1v) is 14.6. The van der Waals surface area contributed by atoms with Crippen LogP contribution in [0.25, 0.3) is 0 Å². The third kappa shape index (κ3) is 6.96. The second-order valence-electron chi connectivity index (χ2n) is 12.2. The van der Waals surface area contributed by atoms with Gasteiger partial charge in [0.1, 0.15) is 17.3 Å². The largest absolute Gasteiger partial charge is 0.469 e. The molecule has 0 radical (unpaired) electrons. The maximum Gasteiger partial charge on any atom is 0.308 e. The molecule has 4 fully saturated rings. The number of hydrogen-bond acceptors (Lipinski definition) is 5. The number of esters is 1. The highest BCUT2D eigenvalue weighted by Gasteiger charge is 2.38. The Kier molecular flexibility index (Phi) is 9.46. The van der Waals surface area contributed by atoms with Gasteiger partial charge in [-0.25, -0.2) is 0 Å². The summed E-state index contributed by atoms with van der Waals surface area (Å²) in [6, 6.07) is 0. The van der Waals surface area contributed by atoms with Gasteiger partial charge in [-0.05, 0) is 101 Å². The van der Waals surface area contributed by atoms with Gasteiger partial charge in [-0.1, -0.05) is 0 Å². The predicted molar refractivity (Wildman–Crippen MR) is 135 cm³/mol. The van der Waals surface area contributed by atoms with Gasteiger partial charge in [0.2, 0.25) is 0 Å². The zero-order valence-corrected chi connectivity index (χ0v) is 22.1. The molecule has 0 aromatic carbocycles. The summed E-state index contributed by atoms with van der Waals surface area (Å²) in [6.07, 6.45) is 12.8. The van der Waals surface area contributed by atoms with Crippen molar-refractivity contribution >= 4 is 34.9 Å². The predicted octanol–water partition coefficient (Wildman–Crippen LogP) is 5.94. The number of ketones is 3. The minimum atomic E-state index is -0.142. The number of carbonyl (C=O) groups is 4. The van der Waals surface area contributed by atoms with Crippen molar-refractivity contribution in [2.75, 3.05) is 13.0 Å². The Bertz CT molecular complexity index is 794. The molecule has 8 atom stereocenters. The van der Waals surface area contributed by atoms with Crippen molar-refractivity contribution in [1.82, 2.24) is 0 Å². The molecule has 0 spiro atoms. The minimum Gasteiger partial charge on any atom is -0.469 e. The summed E-state index contributed by atoms with van der Waals surface area (Å²) in [5.74, 6) is 3.44. The van der Waals surface area contributed by atoms with Crippen LogP contribution in [0.2, 0.25) is 0 Å². The maximum absolute atomic E-state index is 13.0. The van der Waals surface area contributed by atoms with Crippen molar-refractivity contribution in [2.24, 2.45) is 47.3 Å². The van der Waals surface area contributed by atoms with Gasteiger partial charge < -0.3 is 4.74 Å². The SMILES string of the molecule is COC(=O)[C@H]1CC[C@H](CC(=O)[C@H]2CC[C@H](CC(=O)[C@H]3CC[C@H](CC(=O)[C@H]4CC[C@H](CCl)C4)C3)C2)C1. The van der Waals surface area contributed by atoms with Crippen LogP contribution < -0.4 is 0 Å². The molecule has 0 N–H and O–H groups in total. The quantitative estimate of drug-likeness (QED) is 0.256. The molecular formula is C29H43ClO5. The smallest absolute Gasteiger partial charge is 0.308 e. The van der Waals surface area contributed by atoms with Crippen LogP contribution in [0.4, 0.5) is 0 Å². The lowest BCUT2D eigenvalue weighted by Gasteiger charge is -2.16. The highest BCUT2D eigenvalue weighted by Crippen LogP contribution is 2.42. The molecule has 0 saturated heterocycles. The number of Topliss-reactive ketones (excluding diaryl/α,β-unsaturated/α-hetero) is 3. The van der Waals surface area contributed by atoms with Gasteiger partial charge >= 0.3 is 5.97 Å². The first-order valence-electron chi connectivity index (χ1n) is 14.1. The molecule has 0 bridgehead atoms.